The molecule has 0 aliphatic rings. The van der Waals surface area contributed by atoms with Crippen molar-refractivity contribution in [2.75, 3.05) is 25.6 Å². The summed E-state index contributed by atoms with van der Waals surface area (Å²) in [5.74, 6) is 0.693. The van der Waals surface area contributed by atoms with Crippen molar-refractivity contribution in [1.82, 2.24) is 15.3 Å². The Labute approximate surface area is 279 Å². The van der Waals surface area contributed by atoms with E-state index >= 15 is 0 Å². The molecule has 0 aliphatic heterocycles. The summed E-state index contributed by atoms with van der Waals surface area (Å²) < 4.78 is 5.94. The molecule has 0 saturated carbocycles. The summed E-state index contributed by atoms with van der Waals surface area (Å²) >= 11 is 0. The number of nitrogens with zero attached hydrogens (tertiary/aromatic N) is 3. The Morgan fingerprint density at radius 3 is 2.11 bits per heavy atom. The molecule has 0 bridgehead atoms. The maximum Gasteiger partial charge on any atom is 0.326 e. The first-order valence-electron chi connectivity index (χ1n) is 16.5. The van der Waals surface area contributed by atoms with Crippen molar-refractivity contribution in [1.29, 1.82) is 0 Å². The van der Waals surface area contributed by atoms with Crippen molar-refractivity contribution in [3.05, 3.63) is 95.7 Å². The highest BCUT2D eigenvalue weighted by molar-refractivity contribution is 5.96. The van der Waals surface area contributed by atoms with E-state index in [-0.39, 0.29) is 11.8 Å². The Kier molecular flexibility index (Phi) is 12.1. The lowest BCUT2D eigenvalue weighted by molar-refractivity contribution is -0.139. The summed E-state index contributed by atoms with van der Waals surface area (Å²) in [6.45, 7) is 9.24. The molecule has 8 nitrogen and oxygen atoms in total. The second-order valence-electron chi connectivity index (χ2n) is 13.2. The topological polar surface area (TPSA) is 105 Å². The number of aromatic nitrogens is 2. The molecular weight excluding hydrogens is 588 g/mol. The van der Waals surface area contributed by atoms with Crippen LogP contribution in [0.4, 0.5) is 5.82 Å². The standard InChI is InChI=1S/C39H48N4O4/c1-7-8-9-10-11-24-47-32-22-18-28(19-23-32)33-26-40-35(42-36(33)43(5)6)29-14-12-27(13-15-29)25-34(38(45)46)41-37(44)30-16-20-31(21-17-30)39(2,3)4/h12-23,26,34H,7-11,24-25H2,1-6H3,(H,41,44)(H,45,46)/t34-/m0/s1. The Morgan fingerprint density at radius 2 is 1.51 bits per heavy atom. The SMILES string of the molecule is CCCCCCCOc1ccc(-c2cnc(-c3ccc(C[C@H](NC(=O)c4ccc(C(C)(C)C)cc4)C(=O)O)cc3)nc2N(C)C)cc1. The molecule has 1 atom stereocenters. The van der Waals surface area contributed by atoms with Crippen molar-refractivity contribution in [2.45, 2.75) is 77.7 Å². The fraction of sp³-hybridized carbons (Fsp3) is 0.385. The zero-order valence-electron chi connectivity index (χ0n) is 28.5. The van der Waals surface area contributed by atoms with E-state index in [9.17, 15) is 14.7 Å². The second kappa shape index (κ2) is 16.2. The molecule has 0 unspecified atom stereocenters. The van der Waals surface area contributed by atoms with Crippen molar-refractivity contribution >= 4 is 17.7 Å². The zero-order valence-corrected chi connectivity index (χ0v) is 28.5. The molecule has 1 heterocycles. The van der Waals surface area contributed by atoms with Crippen LogP contribution in [0.5, 0.6) is 5.75 Å². The molecule has 1 amide bonds. The molecule has 2 N–H and O–H groups in total. The molecule has 47 heavy (non-hydrogen) atoms. The summed E-state index contributed by atoms with van der Waals surface area (Å²) in [6, 6.07) is 21.7. The first-order valence-corrected chi connectivity index (χ1v) is 16.5. The number of carboxylic acids is 1. The average molecular weight is 637 g/mol. The fourth-order valence-electron chi connectivity index (χ4n) is 5.27. The van der Waals surface area contributed by atoms with Crippen LogP contribution in [-0.2, 0) is 16.6 Å². The molecule has 3 aromatic carbocycles. The van der Waals surface area contributed by atoms with Gasteiger partial charge in [-0.05, 0) is 52.8 Å². The van der Waals surface area contributed by atoms with Gasteiger partial charge in [0.1, 0.15) is 17.6 Å². The number of amides is 1. The van der Waals surface area contributed by atoms with Crippen molar-refractivity contribution in [2.24, 2.45) is 0 Å². The summed E-state index contributed by atoms with van der Waals surface area (Å²) in [5.41, 5.74) is 4.98. The monoisotopic (exact) mass is 636 g/mol. The maximum absolute atomic E-state index is 12.9. The third-order valence-electron chi connectivity index (χ3n) is 8.14. The van der Waals surface area contributed by atoms with Crippen LogP contribution in [0.15, 0.2) is 79.0 Å². The van der Waals surface area contributed by atoms with Gasteiger partial charge in [0.2, 0.25) is 0 Å². The van der Waals surface area contributed by atoms with E-state index in [2.05, 4.69) is 38.0 Å². The van der Waals surface area contributed by atoms with Gasteiger partial charge in [0.25, 0.3) is 5.91 Å². The van der Waals surface area contributed by atoms with Crippen LogP contribution in [0.2, 0.25) is 0 Å². The first-order chi connectivity index (χ1) is 22.5. The van der Waals surface area contributed by atoms with Gasteiger partial charge in [0.05, 0.1) is 6.61 Å². The molecule has 248 valence electrons. The Balaban J connectivity index is 1.42. The molecular formula is C39H48N4O4. The third-order valence-corrected chi connectivity index (χ3v) is 8.14. The van der Waals surface area contributed by atoms with Gasteiger partial charge in [0, 0.05) is 43.4 Å². The normalized spacial score (nSPS) is 12.0. The van der Waals surface area contributed by atoms with E-state index in [1.165, 1.54) is 25.7 Å². The van der Waals surface area contributed by atoms with Crippen molar-refractivity contribution in [3.8, 4) is 28.3 Å². The van der Waals surface area contributed by atoms with E-state index < -0.39 is 17.9 Å². The number of hydrogen-bond acceptors (Lipinski definition) is 6. The third kappa shape index (κ3) is 9.88. The number of carboxylic acid groups (broad SMARTS) is 1. The van der Waals surface area contributed by atoms with Gasteiger partial charge in [-0.1, -0.05) is 102 Å². The van der Waals surface area contributed by atoms with Gasteiger partial charge in [0.15, 0.2) is 5.82 Å². The van der Waals surface area contributed by atoms with E-state index in [4.69, 9.17) is 9.72 Å². The number of anilines is 1. The summed E-state index contributed by atoms with van der Waals surface area (Å²) in [5, 5.41) is 12.5. The summed E-state index contributed by atoms with van der Waals surface area (Å²) in [7, 11) is 3.90. The quantitative estimate of drug-likeness (QED) is 0.128. The molecule has 0 spiro atoms. The minimum atomic E-state index is -1.09. The minimum Gasteiger partial charge on any atom is -0.494 e. The number of ether oxygens (including phenoxy) is 1. The minimum absolute atomic E-state index is 0.0411. The molecule has 0 aliphatic carbocycles. The van der Waals surface area contributed by atoms with Gasteiger partial charge >= 0.3 is 5.97 Å². The van der Waals surface area contributed by atoms with Crippen LogP contribution in [0.1, 0.15) is 81.3 Å². The predicted molar refractivity (Wildman–Crippen MR) is 189 cm³/mol. The van der Waals surface area contributed by atoms with E-state index in [0.29, 0.717) is 11.4 Å². The number of benzene rings is 3. The number of carbonyl (C=O) groups excluding carboxylic acids is 1. The Bertz CT molecular complexity index is 1610. The van der Waals surface area contributed by atoms with Crippen LogP contribution in [0.25, 0.3) is 22.5 Å². The number of hydrogen-bond donors (Lipinski definition) is 2. The van der Waals surface area contributed by atoms with Gasteiger partial charge < -0.3 is 20.1 Å². The number of nitrogens with one attached hydrogen (secondary N) is 1. The fourth-order valence-corrected chi connectivity index (χ4v) is 5.27. The highest BCUT2D eigenvalue weighted by Crippen LogP contribution is 2.31. The highest BCUT2D eigenvalue weighted by Gasteiger charge is 2.22. The van der Waals surface area contributed by atoms with Gasteiger partial charge in [-0.2, -0.15) is 0 Å². The smallest absolute Gasteiger partial charge is 0.326 e. The molecule has 0 fully saturated rings. The van der Waals surface area contributed by atoms with Gasteiger partial charge in [-0.3, -0.25) is 4.79 Å². The maximum atomic E-state index is 12.9. The zero-order chi connectivity index (χ0) is 34.0. The Morgan fingerprint density at radius 1 is 0.872 bits per heavy atom. The van der Waals surface area contributed by atoms with Gasteiger partial charge in [-0.25, -0.2) is 14.8 Å². The lowest BCUT2D eigenvalue weighted by atomic mass is 9.86. The average Bonchev–Trinajstić information content (AvgIpc) is 3.06. The first kappa shape index (κ1) is 35.1. The van der Waals surface area contributed by atoms with Crippen LogP contribution in [0, 0.1) is 0 Å². The van der Waals surface area contributed by atoms with Crippen molar-refractivity contribution in [3.63, 3.8) is 0 Å². The molecule has 0 saturated heterocycles. The van der Waals surface area contributed by atoms with Crippen LogP contribution >= 0.6 is 0 Å². The number of unbranched alkanes of at least 4 members (excludes halogenated alkanes) is 4. The summed E-state index contributed by atoms with van der Waals surface area (Å²) in [6.07, 6.45) is 8.00. The number of carbonyl (C=O) groups is 2. The van der Waals surface area contributed by atoms with E-state index in [1.54, 1.807) is 12.1 Å². The molecule has 4 rings (SSSR count). The molecule has 8 heteroatoms. The molecule has 4 aromatic rings. The Hall–Kier alpha value is -4.72. The summed E-state index contributed by atoms with van der Waals surface area (Å²) in [4.78, 5) is 36.4. The van der Waals surface area contributed by atoms with Crippen LogP contribution in [-0.4, -0.2) is 53.7 Å². The molecule has 1 aromatic heterocycles. The van der Waals surface area contributed by atoms with Crippen LogP contribution < -0.4 is 15.0 Å². The van der Waals surface area contributed by atoms with Gasteiger partial charge in [-0.15, -0.1) is 0 Å². The number of rotatable bonds is 15. The second-order valence-corrected chi connectivity index (χ2v) is 13.2. The predicted octanol–water partition coefficient (Wildman–Crippen LogP) is 7.95. The van der Waals surface area contributed by atoms with E-state index in [1.807, 2.05) is 85.9 Å². The van der Waals surface area contributed by atoms with Crippen LogP contribution in [0.3, 0.4) is 0 Å². The van der Waals surface area contributed by atoms with Crippen molar-refractivity contribution < 1.29 is 19.4 Å². The lowest BCUT2D eigenvalue weighted by Gasteiger charge is -2.19. The number of aliphatic carboxylic acids is 1. The largest absolute Gasteiger partial charge is 0.494 e. The van der Waals surface area contributed by atoms with E-state index in [0.717, 1.165) is 52.4 Å². The lowest BCUT2D eigenvalue weighted by Crippen LogP contribution is -2.42. The molecule has 0 radical (unpaired) electrons. The highest BCUT2D eigenvalue weighted by atomic mass is 16.5.